The number of benzene rings is 1. The van der Waals surface area contributed by atoms with E-state index in [1.165, 1.54) is 0 Å². The van der Waals surface area contributed by atoms with E-state index >= 15 is 0 Å². The third-order valence-corrected chi connectivity index (χ3v) is 5.52. The predicted molar refractivity (Wildman–Crippen MR) is 126 cm³/mol. The second-order valence-corrected chi connectivity index (χ2v) is 9.06. The number of nitrogens with zero attached hydrogens (tertiary/aromatic N) is 3. The third kappa shape index (κ3) is 6.68. The topological polar surface area (TPSA) is 67.2 Å². The average Bonchev–Trinajstić information content (AvgIpc) is 3.17. The number of rotatable bonds is 10. The number of carbonyl (C=O) groups is 2. The van der Waals surface area contributed by atoms with Crippen molar-refractivity contribution in [1.82, 2.24) is 14.7 Å². The zero-order valence-corrected chi connectivity index (χ0v) is 19.9. The van der Waals surface area contributed by atoms with E-state index in [1.54, 1.807) is 9.58 Å². The molecule has 0 aliphatic carbocycles. The summed E-state index contributed by atoms with van der Waals surface area (Å²) in [6.45, 7) is 12.9. The molecule has 0 saturated carbocycles. The monoisotopic (exact) mass is 426 g/mol. The first-order chi connectivity index (χ1) is 14.7. The van der Waals surface area contributed by atoms with Crippen LogP contribution in [0.2, 0.25) is 0 Å². The Labute approximate surface area is 187 Å². The molecule has 0 aliphatic rings. The summed E-state index contributed by atoms with van der Waals surface area (Å²) in [6.07, 6.45) is 3.77. The van der Waals surface area contributed by atoms with Gasteiger partial charge < -0.3 is 10.2 Å². The Morgan fingerprint density at radius 1 is 1.13 bits per heavy atom. The first-order valence-corrected chi connectivity index (χ1v) is 11.5. The first kappa shape index (κ1) is 24.6. The van der Waals surface area contributed by atoms with Crippen LogP contribution >= 0.6 is 0 Å². The normalized spacial score (nSPS) is 12.5. The molecule has 6 heteroatoms. The molecule has 1 heterocycles. The Morgan fingerprint density at radius 3 is 2.35 bits per heavy atom. The molecule has 0 radical (unpaired) electrons. The molecule has 1 N–H and O–H groups in total. The van der Waals surface area contributed by atoms with Crippen LogP contribution in [-0.2, 0) is 15.0 Å². The maximum absolute atomic E-state index is 13.0. The van der Waals surface area contributed by atoms with Gasteiger partial charge in [0.15, 0.2) is 0 Å². The SMILES string of the molecule is CCCCC(CC)C(=O)N(CC)CC(=O)Nc1cc(C(C)(C)C)nn1-c1ccccc1. The van der Waals surface area contributed by atoms with E-state index in [0.717, 1.165) is 37.1 Å². The standard InChI is InChI=1S/C25H38N4O2/c1-7-10-14-19(8-2)24(31)28(9-3)18-23(30)26-22-17-21(25(4,5)6)27-29(22)20-15-12-11-13-16-20/h11-13,15-17,19H,7-10,14,18H2,1-6H3,(H,26,30). The maximum atomic E-state index is 13.0. The van der Waals surface area contributed by atoms with Crippen LogP contribution in [0.1, 0.15) is 72.9 Å². The van der Waals surface area contributed by atoms with Crippen LogP contribution in [0, 0.1) is 5.92 Å². The highest BCUT2D eigenvalue weighted by atomic mass is 16.2. The molecule has 1 unspecified atom stereocenters. The van der Waals surface area contributed by atoms with Gasteiger partial charge in [0.25, 0.3) is 0 Å². The number of amides is 2. The summed E-state index contributed by atoms with van der Waals surface area (Å²) in [7, 11) is 0. The molecule has 0 bridgehead atoms. The summed E-state index contributed by atoms with van der Waals surface area (Å²) in [5, 5.41) is 7.72. The number of unbranched alkanes of at least 4 members (excludes halogenated alkanes) is 1. The molecule has 1 atom stereocenters. The molecule has 0 spiro atoms. The van der Waals surface area contributed by atoms with Crippen molar-refractivity contribution in [1.29, 1.82) is 0 Å². The highest BCUT2D eigenvalue weighted by Crippen LogP contribution is 2.26. The summed E-state index contributed by atoms with van der Waals surface area (Å²) in [6, 6.07) is 11.7. The van der Waals surface area contributed by atoms with Gasteiger partial charge in [-0.2, -0.15) is 5.10 Å². The number of hydrogen-bond acceptors (Lipinski definition) is 3. The lowest BCUT2D eigenvalue weighted by molar-refractivity contribution is -0.138. The minimum atomic E-state index is -0.210. The van der Waals surface area contributed by atoms with Gasteiger partial charge in [-0.25, -0.2) is 4.68 Å². The fraction of sp³-hybridized carbons (Fsp3) is 0.560. The highest BCUT2D eigenvalue weighted by Gasteiger charge is 2.25. The van der Waals surface area contributed by atoms with Gasteiger partial charge in [0.1, 0.15) is 5.82 Å². The van der Waals surface area contributed by atoms with E-state index in [2.05, 4.69) is 33.0 Å². The fourth-order valence-corrected chi connectivity index (χ4v) is 3.51. The number of anilines is 1. The first-order valence-electron chi connectivity index (χ1n) is 11.5. The van der Waals surface area contributed by atoms with Crippen molar-refractivity contribution in [3.8, 4) is 5.69 Å². The Balaban J connectivity index is 2.20. The van der Waals surface area contributed by atoms with Gasteiger partial charge in [0, 0.05) is 23.9 Å². The van der Waals surface area contributed by atoms with Crippen LogP contribution in [0.25, 0.3) is 5.69 Å². The van der Waals surface area contributed by atoms with Crippen molar-refractivity contribution in [2.75, 3.05) is 18.4 Å². The van der Waals surface area contributed by atoms with Crippen molar-refractivity contribution in [2.45, 2.75) is 72.6 Å². The summed E-state index contributed by atoms with van der Waals surface area (Å²) < 4.78 is 1.76. The molecule has 31 heavy (non-hydrogen) atoms. The number of hydrogen-bond donors (Lipinski definition) is 1. The minimum Gasteiger partial charge on any atom is -0.333 e. The Morgan fingerprint density at radius 2 is 1.81 bits per heavy atom. The van der Waals surface area contributed by atoms with E-state index in [9.17, 15) is 9.59 Å². The fourth-order valence-electron chi connectivity index (χ4n) is 3.51. The number of likely N-dealkylation sites (N-methyl/N-ethyl adjacent to an activating group) is 1. The van der Waals surface area contributed by atoms with Crippen LogP contribution in [0.3, 0.4) is 0 Å². The van der Waals surface area contributed by atoms with Gasteiger partial charge >= 0.3 is 0 Å². The second kappa shape index (κ2) is 11.1. The van der Waals surface area contributed by atoms with Gasteiger partial charge in [-0.05, 0) is 31.9 Å². The molecule has 1 aromatic heterocycles. The number of aromatic nitrogens is 2. The predicted octanol–water partition coefficient (Wildman–Crippen LogP) is 5.17. The van der Waals surface area contributed by atoms with Crippen LogP contribution in [-0.4, -0.2) is 39.6 Å². The van der Waals surface area contributed by atoms with Crippen molar-refractivity contribution in [2.24, 2.45) is 5.92 Å². The molecule has 6 nitrogen and oxygen atoms in total. The zero-order chi connectivity index (χ0) is 23.0. The molecule has 0 aliphatic heterocycles. The van der Waals surface area contributed by atoms with E-state index in [-0.39, 0.29) is 29.7 Å². The largest absolute Gasteiger partial charge is 0.333 e. The van der Waals surface area contributed by atoms with Gasteiger partial charge in [0.05, 0.1) is 17.9 Å². The maximum Gasteiger partial charge on any atom is 0.245 e. The number of para-hydroxylation sites is 1. The van der Waals surface area contributed by atoms with Gasteiger partial charge in [-0.3, -0.25) is 9.59 Å². The second-order valence-electron chi connectivity index (χ2n) is 9.06. The summed E-state index contributed by atoms with van der Waals surface area (Å²) in [5.74, 6) is 0.455. The van der Waals surface area contributed by atoms with Crippen molar-refractivity contribution in [3.05, 3.63) is 42.1 Å². The van der Waals surface area contributed by atoms with Crippen molar-refractivity contribution >= 4 is 17.6 Å². The van der Waals surface area contributed by atoms with Crippen LogP contribution in [0.5, 0.6) is 0 Å². The lowest BCUT2D eigenvalue weighted by Gasteiger charge is -2.25. The quantitative estimate of drug-likeness (QED) is 0.570. The Bertz CT molecular complexity index is 852. The van der Waals surface area contributed by atoms with Crippen LogP contribution in [0.4, 0.5) is 5.82 Å². The van der Waals surface area contributed by atoms with E-state index in [1.807, 2.05) is 50.2 Å². The Kier molecular flexibility index (Phi) is 8.84. The molecular formula is C25H38N4O2. The molecule has 0 fully saturated rings. The summed E-state index contributed by atoms with van der Waals surface area (Å²) in [4.78, 5) is 27.5. The molecule has 2 aromatic rings. The molecule has 2 rings (SSSR count). The molecule has 2 amide bonds. The van der Waals surface area contributed by atoms with Crippen LogP contribution in [0.15, 0.2) is 36.4 Å². The molecule has 0 saturated heterocycles. The van der Waals surface area contributed by atoms with E-state index < -0.39 is 0 Å². The third-order valence-electron chi connectivity index (χ3n) is 5.52. The lowest BCUT2D eigenvalue weighted by atomic mass is 9.92. The van der Waals surface area contributed by atoms with E-state index in [0.29, 0.717) is 12.4 Å². The minimum absolute atomic E-state index is 0.0185. The van der Waals surface area contributed by atoms with Crippen molar-refractivity contribution < 1.29 is 9.59 Å². The summed E-state index contributed by atoms with van der Waals surface area (Å²) in [5.41, 5.74) is 1.61. The van der Waals surface area contributed by atoms with Gasteiger partial charge in [-0.15, -0.1) is 0 Å². The Hall–Kier alpha value is -2.63. The smallest absolute Gasteiger partial charge is 0.245 e. The molecule has 170 valence electrons. The van der Waals surface area contributed by atoms with Crippen molar-refractivity contribution in [3.63, 3.8) is 0 Å². The zero-order valence-electron chi connectivity index (χ0n) is 19.9. The highest BCUT2D eigenvalue weighted by molar-refractivity contribution is 5.94. The summed E-state index contributed by atoms with van der Waals surface area (Å²) >= 11 is 0. The number of nitrogens with one attached hydrogen (secondary N) is 1. The molecule has 1 aromatic carbocycles. The van der Waals surface area contributed by atoms with Crippen LogP contribution < -0.4 is 5.32 Å². The molecular weight excluding hydrogens is 388 g/mol. The number of carbonyl (C=O) groups excluding carboxylic acids is 2. The van der Waals surface area contributed by atoms with Gasteiger partial charge in [0.2, 0.25) is 11.8 Å². The lowest BCUT2D eigenvalue weighted by Crippen LogP contribution is -2.41. The van der Waals surface area contributed by atoms with E-state index in [4.69, 9.17) is 5.10 Å². The average molecular weight is 427 g/mol. The van der Waals surface area contributed by atoms with Gasteiger partial charge in [-0.1, -0.05) is 65.7 Å².